The maximum absolute atomic E-state index is 3.46. The predicted molar refractivity (Wildman–Crippen MR) is 61.1 cm³/mol. The van der Waals surface area contributed by atoms with Gasteiger partial charge < -0.3 is 10.2 Å². The summed E-state index contributed by atoms with van der Waals surface area (Å²) in [6, 6.07) is 0. The minimum atomic E-state index is 0. The molecule has 2 rings (SSSR count). The zero-order valence-electron chi connectivity index (χ0n) is 8.16. The lowest BCUT2D eigenvalue weighted by atomic mass is 10.0. The molecule has 2 atom stereocenters. The van der Waals surface area contributed by atoms with Crippen LogP contribution in [0.25, 0.3) is 0 Å². The second-order valence-corrected chi connectivity index (χ2v) is 3.94. The van der Waals surface area contributed by atoms with Crippen molar-refractivity contribution >= 4 is 24.8 Å². The van der Waals surface area contributed by atoms with Crippen LogP contribution in [-0.2, 0) is 0 Å². The number of fused-ring (bicyclic) bond motifs is 1. The maximum Gasteiger partial charge on any atom is 0.00255 e. The molecule has 0 bridgehead atoms. The SMILES string of the molecule is CCCN1CC2CNCC2C1.Cl.Cl. The molecule has 4 heteroatoms. The Bertz CT molecular complexity index is 132. The molecule has 0 aromatic rings. The van der Waals surface area contributed by atoms with Crippen LogP contribution in [0.1, 0.15) is 13.3 Å². The van der Waals surface area contributed by atoms with Crippen LogP contribution < -0.4 is 5.32 Å². The average Bonchev–Trinajstić information content (AvgIpc) is 2.46. The highest BCUT2D eigenvalue weighted by Gasteiger charge is 2.35. The number of nitrogens with one attached hydrogen (secondary N) is 1. The van der Waals surface area contributed by atoms with Crippen LogP contribution in [0.4, 0.5) is 0 Å². The smallest absolute Gasteiger partial charge is 0.00255 e. The minimum Gasteiger partial charge on any atom is -0.316 e. The molecule has 2 unspecified atom stereocenters. The number of halogens is 2. The Kier molecular flexibility index (Phi) is 6.31. The molecule has 0 aliphatic carbocycles. The third-order valence-electron chi connectivity index (χ3n) is 3.00. The van der Waals surface area contributed by atoms with E-state index in [0.29, 0.717) is 0 Å². The van der Waals surface area contributed by atoms with E-state index in [1.165, 1.54) is 39.1 Å². The van der Waals surface area contributed by atoms with Gasteiger partial charge in [-0.15, -0.1) is 24.8 Å². The molecule has 0 aromatic heterocycles. The largest absolute Gasteiger partial charge is 0.316 e. The molecule has 13 heavy (non-hydrogen) atoms. The van der Waals surface area contributed by atoms with E-state index in [1.54, 1.807) is 0 Å². The third-order valence-corrected chi connectivity index (χ3v) is 3.00. The van der Waals surface area contributed by atoms with Crippen molar-refractivity contribution in [2.45, 2.75) is 13.3 Å². The van der Waals surface area contributed by atoms with Crippen LogP contribution in [0.15, 0.2) is 0 Å². The van der Waals surface area contributed by atoms with Gasteiger partial charge in [-0.25, -0.2) is 0 Å². The first-order valence-corrected chi connectivity index (χ1v) is 4.83. The van der Waals surface area contributed by atoms with Crippen molar-refractivity contribution in [2.24, 2.45) is 11.8 Å². The normalized spacial score (nSPS) is 32.1. The molecule has 0 saturated carbocycles. The highest BCUT2D eigenvalue weighted by Crippen LogP contribution is 2.25. The molecule has 0 radical (unpaired) electrons. The van der Waals surface area contributed by atoms with E-state index in [1.807, 2.05) is 0 Å². The molecule has 1 N–H and O–H groups in total. The molecule has 0 spiro atoms. The van der Waals surface area contributed by atoms with E-state index >= 15 is 0 Å². The summed E-state index contributed by atoms with van der Waals surface area (Å²) in [5.74, 6) is 1.95. The Balaban J connectivity index is 0.000000720. The van der Waals surface area contributed by atoms with Gasteiger partial charge in [0.2, 0.25) is 0 Å². The first kappa shape index (κ1) is 13.5. The number of nitrogens with zero attached hydrogens (tertiary/aromatic N) is 1. The fourth-order valence-corrected chi connectivity index (χ4v) is 2.45. The number of hydrogen-bond acceptors (Lipinski definition) is 2. The fraction of sp³-hybridized carbons (Fsp3) is 1.00. The summed E-state index contributed by atoms with van der Waals surface area (Å²) in [7, 11) is 0. The molecule has 80 valence electrons. The average molecular weight is 227 g/mol. The van der Waals surface area contributed by atoms with E-state index in [4.69, 9.17) is 0 Å². The van der Waals surface area contributed by atoms with E-state index in [2.05, 4.69) is 17.1 Å². The Labute approximate surface area is 93.3 Å². The number of rotatable bonds is 2. The van der Waals surface area contributed by atoms with Crippen molar-refractivity contribution in [3.63, 3.8) is 0 Å². The zero-order chi connectivity index (χ0) is 7.68. The molecule has 2 heterocycles. The van der Waals surface area contributed by atoms with Crippen molar-refractivity contribution in [2.75, 3.05) is 32.7 Å². The second-order valence-electron chi connectivity index (χ2n) is 3.94. The first-order valence-electron chi connectivity index (χ1n) is 4.83. The quantitative estimate of drug-likeness (QED) is 0.767. The van der Waals surface area contributed by atoms with Crippen molar-refractivity contribution < 1.29 is 0 Å². The highest BCUT2D eigenvalue weighted by molar-refractivity contribution is 5.85. The van der Waals surface area contributed by atoms with Gasteiger partial charge in [0.05, 0.1) is 0 Å². The van der Waals surface area contributed by atoms with Crippen LogP contribution in [0.5, 0.6) is 0 Å². The lowest BCUT2D eigenvalue weighted by Crippen LogP contribution is -2.26. The van der Waals surface area contributed by atoms with Gasteiger partial charge in [-0.1, -0.05) is 6.92 Å². The van der Waals surface area contributed by atoms with Gasteiger partial charge in [0.15, 0.2) is 0 Å². The van der Waals surface area contributed by atoms with Crippen LogP contribution in [0, 0.1) is 11.8 Å². The van der Waals surface area contributed by atoms with E-state index < -0.39 is 0 Å². The molecule has 2 nitrogen and oxygen atoms in total. The maximum atomic E-state index is 3.46. The summed E-state index contributed by atoms with van der Waals surface area (Å²) in [6.07, 6.45) is 1.31. The molecular weight excluding hydrogens is 207 g/mol. The standard InChI is InChI=1S/C9H18N2.2ClH/c1-2-3-11-6-8-4-10-5-9(8)7-11;;/h8-10H,2-7H2,1H3;2*1H. The van der Waals surface area contributed by atoms with Gasteiger partial charge in [0.1, 0.15) is 0 Å². The summed E-state index contributed by atoms with van der Waals surface area (Å²) < 4.78 is 0. The summed E-state index contributed by atoms with van der Waals surface area (Å²) in [5, 5.41) is 3.46. The van der Waals surface area contributed by atoms with Gasteiger partial charge in [-0.05, 0) is 37.9 Å². The summed E-state index contributed by atoms with van der Waals surface area (Å²) in [5.41, 5.74) is 0. The van der Waals surface area contributed by atoms with Gasteiger partial charge in [-0.2, -0.15) is 0 Å². The lowest BCUT2D eigenvalue weighted by molar-refractivity contribution is 0.314. The van der Waals surface area contributed by atoms with E-state index in [0.717, 1.165) is 11.8 Å². The summed E-state index contributed by atoms with van der Waals surface area (Å²) in [6.45, 7) is 8.83. The zero-order valence-corrected chi connectivity index (χ0v) is 9.79. The Morgan fingerprint density at radius 2 is 1.69 bits per heavy atom. The Morgan fingerprint density at radius 3 is 2.15 bits per heavy atom. The van der Waals surface area contributed by atoms with Gasteiger partial charge in [0, 0.05) is 13.1 Å². The van der Waals surface area contributed by atoms with Crippen molar-refractivity contribution in [3.8, 4) is 0 Å². The second kappa shape index (κ2) is 6.07. The summed E-state index contributed by atoms with van der Waals surface area (Å²) >= 11 is 0. The molecule has 2 saturated heterocycles. The third kappa shape index (κ3) is 2.98. The van der Waals surface area contributed by atoms with Gasteiger partial charge in [0.25, 0.3) is 0 Å². The van der Waals surface area contributed by atoms with Crippen LogP contribution in [-0.4, -0.2) is 37.6 Å². The number of likely N-dealkylation sites (tertiary alicyclic amines) is 1. The van der Waals surface area contributed by atoms with Crippen LogP contribution in [0.2, 0.25) is 0 Å². The molecule has 2 fully saturated rings. The van der Waals surface area contributed by atoms with Crippen molar-refractivity contribution in [1.29, 1.82) is 0 Å². The van der Waals surface area contributed by atoms with Gasteiger partial charge in [-0.3, -0.25) is 0 Å². The molecule has 0 amide bonds. The minimum absolute atomic E-state index is 0. The van der Waals surface area contributed by atoms with Crippen molar-refractivity contribution in [3.05, 3.63) is 0 Å². The number of hydrogen-bond donors (Lipinski definition) is 1. The first-order chi connectivity index (χ1) is 5.40. The molecule has 2 aliphatic rings. The van der Waals surface area contributed by atoms with Crippen LogP contribution >= 0.6 is 24.8 Å². The fourth-order valence-electron chi connectivity index (χ4n) is 2.45. The Morgan fingerprint density at radius 1 is 1.15 bits per heavy atom. The highest BCUT2D eigenvalue weighted by atomic mass is 35.5. The Hall–Kier alpha value is 0.500. The molecular formula is C9H20Cl2N2. The molecule has 0 aromatic carbocycles. The van der Waals surface area contributed by atoms with Gasteiger partial charge >= 0.3 is 0 Å². The van der Waals surface area contributed by atoms with E-state index in [-0.39, 0.29) is 24.8 Å². The predicted octanol–water partition coefficient (Wildman–Crippen LogP) is 1.39. The topological polar surface area (TPSA) is 15.3 Å². The van der Waals surface area contributed by atoms with E-state index in [9.17, 15) is 0 Å². The van der Waals surface area contributed by atoms with Crippen LogP contribution in [0.3, 0.4) is 0 Å². The molecule has 2 aliphatic heterocycles. The monoisotopic (exact) mass is 226 g/mol. The lowest BCUT2D eigenvalue weighted by Gasteiger charge is -2.14. The van der Waals surface area contributed by atoms with Crippen molar-refractivity contribution in [1.82, 2.24) is 10.2 Å². The summed E-state index contributed by atoms with van der Waals surface area (Å²) in [4.78, 5) is 2.62.